The predicted octanol–water partition coefficient (Wildman–Crippen LogP) is 2.71. The van der Waals surface area contributed by atoms with Crippen LogP contribution in [0.5, 0.6) is 5.75 Å². The number of hydrogen-bond donors (Lipinski definition) is 2. The fraction of sp³-hybridized carbons (Fsp3) is 0.111. The second-order valence-electron chi connectivity index (χ2n) is 5.77. The van der Waals surface area contributed by atoms with Gasteiger partial charge < -0.3 is 15.0 Å². The van der Waals surface area contributed by atoms with E-state index in [1.165, 1.54) is 11.0 Å². The van der Waals surface area contributed by atoms with Crippen LogP contribution in [0.1, 0.15) is 16.1 Å². The topological polar surface area (TPSA) is 97.7 Å². The molecule has 4 rings (SSSR count). The number of tetrazole rings is 1. The number of carbonyl (C=O) groups excluding carboxylic acids is 1. The molecule has 0 fully saturated rings. The van der Waals surface area contributed by atoms with Crippen LogP contribution in [0.25, 0.3) is 16.6 Å². The summed E-state index contributed by atoms with van der Waals surface area (Å²) in [5, 5.41) is 15.0. The summed E-state index contributed by atoms with van der Waals surface area (Å²) in [6.07, 6.45) is 1.47. The minimum Gasteiger partial charge on any atom is -0.494 e. The highest BCUT2D eigenvalue weighted by atomic mass is 16.5. The molecule has 2 heterocycles. The highest BCUT2D eigenvalue weighted by Gasteiger charge is 2.17. The minimum atomic E-state index is -0.187. The molecule has 0 atom stereocenters. The van der Waals surface area contributed by atoms with E-state index in [0.717, 1.165) is 16.6 Å². The first-order valence-electron chi connectivity index (χ1n) is 7.97. The number of fused-ring (bicyclic) bond motifs is 1. The van der Waals surface area contributed by atoms with E-state index in [0.29, 0.717) is 22.7 Å². The first-order chi connectivity index (χ1) is 12.7. The number of nitrogens with one attached hydrogen (secondary N) is 2. The number of aryl methyl sites for hydroxylation is 1. The number of H-pyrrole nitrogens is 1. The second-order valence-corrected chi connectivity index (χ2v) is 5.77. The molecular weight excluding hydrogens is 332 g/mol. The Morgan fingerprint density at radius 2 is 2.08 bits per heavy atom. The Labute approximate surface area is 148 Å². The summed E-state index contributed by atoms with van der Waals surface area (Å²) in [6, 6.07) is 13.0. The molecule has 0 unspecified atom stereocenters. The zero-order valence-corrected chi connectivity index (χ0v) is 14.2. The van der Waals surface area contributed by atoms with Crippen molar-refractivity contribution in [1.82, 2.24) is 25.2 Å². The molecule has 4 aromatic rings. The van der Waals surface area contributed by atoms with Crippen LogP contribution >= 0.6 is 0 Å². The van der Waals surface area contributed by atoms with Crippen molar-refractivity contribution in [2.24, 2.45) is 0 Å². The van der Waals surface area contributed by atoms with Gasteiger partial charge in [-0.15, -0.1) is 5.10 Å². The predicted molar refractivity (Wildman–Crippen MR) is 96.7 cm³/mol. The van der Waals surface area contributed by atoms with Crippen molar-refractivity contribution in [3.05, 3.63) is 60.0 Å². The van der Waals surface area contributed by atoms with Crippen LogP contribution < -0.4 is 10.1 Å². The van der Waals surface area contributed by atoms with Gasteiger partial charge in [-0.25, -0.2) is 0 Å². The Balaban J connectivity index is 1.70. The molecular formula is C18H16N6O2. The number of rotatable bonds is 4. The largest absolute Gasteiger partial charge is 0.494 e. The van der Waals surface area contributed by atoms with Crippen LogP contribution in [-0.2, 0) is 0 Å². The molecule has 2 aromatic heterocycles. The molecule has 0 spiro atoms. The second kappa shape index (κ2) is 6.32. The van der Waals surface area contributed by atoms with Crippen LogP contribution in [0.3, 0.4) is 0 Å². The molecule has 8 heteroatoms. The van der Waals surface area contributed by atoms with E-state index in [2.05, 4.69) is 25.8 Å². The number of carbonyl (C=O) groups is 1. The Kier molecular flexibility index (Phi) is 3.85. The molecule has 0 aliphatic rings. The summed E-state index contributed by atoms with van der Waals surface area (Å²) in [5.41, 5.74) is 3.62. The van der Waals surface area contributed by atoms with E-state index in [9.17, 15) is 4.79 Å². The molecule has 0 saturated carbocycles. The maximum atomic E-state index is 12.9. The zero-order chi connectivity index (χ0) is 18.1. The van der Waals surface area contributed by atoms with Gasteiger partial charge in [-0.2, -0.15) is 4.68 Å². The molecule has 0 saturated heterocycles. The van der Waals surface area contributed by atoms with Crippen LogP contribution in [0.2, 0.25) is 0 Å². The van der Waals surface area contributed by atoms with Crippen LogP contribution in [0.15, 0.2) is 48.8 Å². The SMILES string of the molecule is COc1ccc(NC(=O)c2c(C)[nH]c3ccccc23)cc1-n1cnnn1. The summed E-state index contributed by atoms with van der Waals surface area (Å²) in [7, 11) is 1.57. The number of aromatic amines is 1. The van der Waals surface area contributed by atoms with Crippen molar-refractivity contribution < 1.29 is 9.53 Å². The van der Waals surface area contributed by atoms with Gasteiger partial charge in [0.1, 0.15) is 17.8 Å². The van der Waals surface area contributed by atoms with Crippen molar-refractivity contribution in [3.63, 3.8) is 0 Å². The fourth-order valence-electron chi connectivity index (χ4n) is 2.98. The van der Waals surface area contributed by atoms with Gasteiger partial charge in [0.05, 0.1) is 12.7 Å². The highest BCUT2D eigenvalue weighted by Crippen LogP contribution is 2.27. The van der Waals surface area contributed by atoms with Gasteiger partial charge in [-0.1, -0.05) is 18.2 Å². The lowest BCUT2D eigenvalue weighted by molar-refractivity contribution is 0.102. The Morgan fingerprint density at radius 1 is 1.23 bits per heavy atom. The standard InChI is InChI=1S/C18H16N6O2/c1-11-17(13-5-3-4-6-14(13)20-11)18(25)21-12-7-8-16(26-2)15(9-12)24-10-19-22-23-24/h3-10,20H,1-2H3,(H,21,25). The van der Waals surface area contributed by atoms with Crippen LogP contribution in [0, 0.1) is 6.92 Å². The molecule has 130 valence electrons. The monoisotopic (exact) mass is 348 g/mol. The lowest BCUT2D eigenvalue weighted by Crippen LogP contribution is -2.13. The maximum Gasteiger partial charge on any atom is 0.258 e. The smallest absolute Gasteiger partial charge is 0.258 e. The molecule has 8 nitrogen and oxygen atoms in total. The quantitative estimate of drug-likeness (QED) is 0.591. The van der Waals surface area contributed by atoms with E-state index in [4.69, 9.17) is 4.74 Å². The van der Waals surface area contributed by atoms with Gasteiger partial charge >= 0.3 is 0 Å². The molecule has 2 N–H and O–H groups in total. The number of amides is 1. The van der Waals surface area contributed by atoms with Gasteiger partial charge in [0.2, 0.25) is 0 Å². The van der Waals surface area contributed by atoms with E-state index < -0.39 is 0 Å². The average Bonchev–Trinajstić information content (AvgIpc) is 3.28. The van der Waals surface area contributed by atoms with Gasteiger partial charge in [0.15, 0.2) is 0 Å². The van der Waals surface area contributed by atoms with E-state index >= 15 is 0 Å². The first kappa shape index (κ1) is 15.8. The van der Waals surface area contributed by atoms with Crippen molar-refractivity contribution >= 4 is 22.5 Å². The van der Waals surface area contributed by atoms with Crippen molar-refractivity contribution in [2.75, 3.05) is 12.4 Å². The Bertz CT molecular complexity index is 1080. The van der Waals surface area contributed by atoms with Gasteiger partial charge in [0, 0.05) is 22.3 Å². The van der Waals surface area contributed by atoms with Crippen LogP contribution in [0.4, 0.5) is 5.69 Å². The van der Waals surface area contributed by atoms with Crippen LogP contribution in [-0.4, -0.2) is 38.2 Å². The third-order valence-corrected chi connectivity index (χ3v) is 4.15. The highest BCUT2D eigenvalue weighted by molar-refractivity contribution is 6.14. The molecule has 26 heavy (non-hydrogen) atoms. The first-order valence-corrected chi connectivity index (χ1v) is 7.97. The number of nitrogens with zero attached hydrogens (tertiary/aromatic N) is 4. The van der Waals surface area contributed by atoms with Crippen molar-refractivity contribution in [3.8, 4) is 11.4 Å². The van der Waals surface area contributed by atoms with Gasteiger partial charge in [-0.05, 0) is 41.6 Å². The number of para-hydroxylation sites is 1. The molecule has 0 radical (unpaired) electrons. The lowest BCUT2D eigenvalue weighted by atomic mass is 10.1. The third-order valence-electron chi connectivity index (χ3n) is 4.15. The van der Waals surface area contributed by atoms with Crippen molar-refractivity contribution in [1.29, 1.82) is 0 Å². The summed E-state index contributed by atoms with van der Waals surface area (Å²) in [5.74, 6) is 0.409. The summed E-state index contributed by atoms with van der Waals surface area (Å²) in [6.45, 7) is 1.88. The molecule has 0 aliphatic carbocycles. The van der Waals surface area contributed by atoms with E-state index in [1.54, 1.807) is 25.3 Å². The maximum absolute atomic E-state index is 12.9. The van der Waals surface area contributed by atoms with E-state index in [-0.39, 0.29) is 5.91 Å². The van der Waals surface area contributed by atoms with Crippen molar-refractivity contribution in [2.45, 2.75) is 6.92 Å². The average molecular weight is 348 g/mol. The molecule has 2 aromatic carbocycles. The summed E-state index contributed by atoms with van der Waals surface area (Å²) >= 11 is 0. The zero-order valence-electron chi connectivity index (χ0n) is 14.2. The number of benzene rings is 2. The molecule has 0 aliphatic heterocycles. The fourth-order valence-corrected chi connectivity index (χ4v) is 2.98. The number of methoxy groups -OCH3 is 1. The van der Waals surface area contributed by atoms with Gasteiger partial charge in [-0.3, -0.25) is 4.79 Å². The van der Waals surface area contributed by atoms with E-state index in [1.807, 2.05) is 31.2 Å². The minimum absolute atomic E-state index is 0.187. The molecule has 1 amide bonds. The number of anilines is 1. The summed E-state index contributed by atoms with van der Waals surface area (Å²) in [4.78, 5) is 16.1. The Morgan fingerprint density at radius 3 is 2.85 bits per heavy atom. The normalized spacial score (nSPS) is 10.8. The molecule has 0 bridgehead atoms. The summed E-state index contributed by atoms with van der Waals surface area (Å²) < 4.78 is 6.82. The lowest BCUT2D eigenvalue weighted by Gasteiger charge is -2.11. The number of ether oxygens (including phenoxy) is 1. The number of hydrogen-bond acceptors (Lipinski definition) is 5. The third kappa shape index (κ3) is 2.67. The number of aromatic nitrogens is 5. The van der Waals surface area contributed by atoms with Gasteiger partial charge in [0.25, 0.3) is 5.91 Å². The Hall–Kier alpha value is -3.68.